The molecule has 0 spiro atoms. The van der Waals surface area contributed by atoms with Crippen LogP contribution < -0.4 is 4.90 Å². The van der Waals surface area contributed by atoms with E-state index in [1.54, 1.807) is 19.2 Å². The summed E-state index contributed by atoms with van der Waals surface area (Å²) in [5.41, 5.74) is 5.54. The van der Waals surface area contributed by atoms with Crippen LogP contribution in [0.25, 0.3) is 0 Å². The van der Waals surface area contributed by atoms with Gasteiger partial charge in [0.15, 0.2) is 5.78 Å². The number of rotatable bonds is 2. The summed E-state index contributed by atoms with van der Waals surface area (Å²) in [7, 11) is 0. The molecule has 3 rings (SSSR count). The lowest BCUT2D eigenvalue weighted by Crippen LogP contribution is -2.24. The molecular weight excluding hydrogens is 248 g/mol. The van der Waals surface area contributed by atoms with Crippen LogP contribution in [0.1, 0.15) is 35.0 Å². The van der Waals surface area contributed by atoms with Gasteiger partial charge in [0.1, 0.15) is 5.69 Å². The number of aromatic nitrogens is 1. The smallest absolute Gasteiger partial charge is 0.178 e. The van der Waals surface area contributed by atoms with E-state index in [1.807, 2.05) is 6.07 Å². The predicted octanol–water partition coefficient (Wildman–Crippen LogP) is 3.68. The molecule has 0 N–H and O–H groups in total. The molecule has 0 atom stereocenters. The largest absolute Gasteiger partial charge is 0.340 e. The fourth-order valence-electron chi connectivity index (χ4n) is 2.75. The first kappa shape index (κ1) is 12.9. The van der Waals surface area contributed by atoms with Crippen molar-refractivity contribution in [3.05, 3.63) is 53.3 Å². The molecule has 1 aromatic carbocycles. The maximum absolute atomic E-state index is 11.3. The highest BCUT2D eigenvalue weighted by atomic mass is 16.1. The molecule has 3 nitrogen and oxygen atoms in total. The van der Waals surface area contributed by atoms with Crippen molar-refractivity contribution in [2.75, 3.05) is 11.4 Å². The number of Topliss-reactive ketones (excluding diaryl/α,β-unsaturated/α-hetero) is 1. The topological polar surface area (TPSA) is 33.2 Å². The van der Waals surface area contributed by atoms with Crippen molar-refractivity contribution in [1.29, 1.82) is 0 Å². The van der Waals surface area contributed by atoms with Crippen molar-refractivity contribution in [2.24, 2.45) is 0 Å². The minimum atomic E-state index is 0.00576. The van der Waals surface area contributed by atoms with Gasteiger partial charge in [0, 0.05) is 19.2 Å². The van der Waals surface area contributed by atoms with Crippen LogP contribution in [0.3, 0.4) is 0 Å². The van der Waals surface area contributed by atoms with E-state index in [2.05, 4.69) is 35.0 Å². The third kappa shape index (κ3) is 2.31. The van der Waals surface area contributed by atoms with E-state index in [-0.39, 0.29) is 5.78 Å². The Morgan fingerprint density at radius 3 is 2.80 bits per heavy atom. The number of carbonyl (C=O) groups is 1. The van der Waals surface area contributed by atoms with Gasteiger partial charge in [0.2, 0.25) is 0 Å². The van der Waals surface area contributed by atoms with Crippen LogP contribution in [0.2, 0.25) is 0 Å². The lowest BCUT2D eigenvalue weighted by molar-refractivity contribution is 0.101. The lowest BCUT2D eigenvalue weighted by Gasteiger charge is -2.31. The first-order valence-electron chi connectivity index (χ1n) is 6.99. The summed E-state index contributed by atoms with van der Waals surface area (Å²) in [5, 5.41) is 0. The molecule has 0 amide bonds. The summed E-state index contributed by atoms with van der Waals surface area (Å²) < 4.78 is 0. The molecule has 20 heavy (non-hydrogen) atoms. The maximum atomic E-state index is 11.3. The molecule has 0 radical (unpaired) electrons. The molecule has 2 heterocycles. The fourth-order valence-corrected chi connectivity index (χ4v) is 2.75. The normalized spacial score (nSPS) is 14.0. The molecule has 0 saturated carbocycles. The molecule has 0 aliphatic carbocycles. The number of hydrogen-bond donors (Lipinski definition) is 0. The average molecular weight is 266 g/mol. The molecule has 2 aromatic rings. The number of anilines is 2. The van der Waals surface area contributed by atoms with Gasteiger partial charge in [-0.1, -0.05) is 17.7 Å². The van der Waals surface area contributed by atoms with Gasteiger partial charge >= 0.3 is 0 Å². The molecule has 1 aliphatic heterocycles. The molecule has 3 heteroatoms. The Bertz CT molecular complexity index is 647. The minimum absolute atomic E-state index is 0.00576. The number of aryl methyl sites for hydroxylation is 2. The number of hydrogen-bond acceptors (Lipinski definition) is 3. The van der Waals surface area contributed by atoms with E-state index in [4.69, 9.17) is 0 Å². The Balaban J connectivity index is 1.98. The maximum Gasteiger partial charge on any atom is 0.178 e. The molecule has 0 fully saturated rings. The molecular formula is C17H18N2O. The Morgan fingerprint density at radius 1 is 1.25 bits per heavy atom. The van der Waals surface area contributed by atoms with Crippen LogP contribution in [0.5, 0.6) is 0 Å². The van der Waals surface area contributed by atoms with Crippen LogP contribution in [0.4, 0.5) is 11.4 Å². The van der Waals surface area contributed by atoms with E-state index >= 15 is 0 Å². The third-order valence-corrected chi connectivity index (χ3v) is 3.77. The Kier molecular flexibility index (Phi) is 3.26. The fraction of sp³-hybridized carbons (Fsp3) is 0.294. The van der Waals surface area contributed by atoms with Crippen LogP contribution in [0.15, 0.2) is 36.5 Å². The van der Waals surface area contributed by atoms with Gasteiger partial charge in [-0.3, -0.25) is 9.78 Å². The van der Waals surface area contributed by atoms with Crippen molar-refractivity contribution in [2.45, 2.75) is 26.7 Å². The number of benzene rings is 1. The van der Waals surface area contributed by atoms with Crippen molar-refractivity contribution in [1.82, 2.24) is 4.98 Å². The Hall–Kier alpha value is -2.16. The number of nitrogens with zero attached hydrogens (tertiary/aromatic N) is 2. The quantitative estimate of drug-likeness (QED) is 0.777. The monoisotopic (exact) mass is 266 g/mol. The van der Waals surface area contributed by atoms with Crippen LogP contribution >= 0.6 is 0 Å². The summed E-state index contributed by atoms with van der Waals surface area (Å²) in [5.74, 6) is 0.00576. The molecule has 102 valence electrons. The van der Waals surface area contributed by atoms with E-state index in [9.17, 15) is 4.79 Å². The average Bonchev–Trinajstić information content (AvgIpc) is 2.46. The number of carbonyl (C=O) groups excluding carboxylic acids is 1. The minimum Gasteiger partial charge on any atom is -0.340 e. The van der Waals surface area contributed by atoms with E-state index in [1.165, 1.54) is 16.8 Å². The highest BCUT2D eigenvalue weighted by Crippen LogP contribution is 2.33. The second-order valence-corrected chi connectivity index (χ2v) is 5.35. The van der Waals surface area contributed by atoms with Gasteiger partial charge in [0.05, 0.1) is 11.9 Å². The summed E-state index contributed by atoms with van der Waals surface area (Å²) in [4.78, 5) is 17.8. The molecule has 0 bridgehead atoms. The van der Waals surface area contributed by atoms with Gasteiger partial charge in [-0.2, -0.15) is 0 Å². The molecule has 1 aliphatic rings. The zero-order valence-electron chi connectivity index (χ0n) is 11.9. The number of pyridine rings is 1. The molecule has 0 unspecified atom stereocenters. The zero-order chi connectivity index (χ0) is 14.1. The van der Waals surface area contributed by atoms with Crippen molar-refractivity contribution < 1.29 is 4.79 Å². The van der Waals surface area contributed by atoms with E-state index in [0.29, 0.717) is 5.69 Å². The van der Waals surface area contributed by atoms with Crippen LogP contribution in [-0.4, -0.2) is 17.3 Å². The second kappa shape index (κ2) is 5.08. The number of fused-ring (bicyclic) bond motifs is 1. The molecule has 0 saturated heterocycles. The van der Waals surface area contributed by atoms with E-state index in [0.717, 1.165) is 25.1 Å². The SMILES string of the molecule is CC(=O)c1ccc(N2CCCc3cc(C)ccc32)cn1. The summed E-state index contributed by atoms with van der Waals surface area (Å²) >= 11 is 0. The second-order valence-electron chi connectivity index (χ2n) is 5.35. The van der Waals surface area contributed by atoms with Gasteiger partial charge in [-0.15, -0.1) is 0 Å². The summed E-state index contributed by atoms with van der Waals surface area (Å²) in [6, 6.07) is 10.4. The Labute approximate surface area is 119 Å². The van der Waals surface area contributed by atoms with E-state index < -0.39 is 0 Å². The standard InChI is InChI=1S/C17H18N2O/c1-12-5-8-17-14(10-12)4-3-9-19(17)15-6-7-16(13(2)20)18-11-15/h5-8,10-11H,3-4,9H2,1-2H3. The predicted molar refractivity (Wildman–Crippen MR) is 80.7 cm³/mol. The van der Waals surface area contributed by atoms with Crippen molar-refractivity contribution in [3.8, 4) is 0 Å². The summed E-state index contributed by atoms with van der Waals surface area (Å²) in [6.07, 6.45) is 4.07. The van der Waals surface area contributed by atoms with Gasteiger partial charge < -0.3 is 4.90 Å². The third-order valence-electron chi connectivity index (χ3n) is 3.77. The Morgan fingerprint density at radius 2 is 2.10 bits per heavy atom. The molecule has 1 aromatic heterocycles. The highest BCUT2D eigenvalue weighted by Gasteiger charge is 2.18. The van der Waals surface area contributed by atoms with Gasteiger partial charge in [-0.05, 0) is 43.5 Å². The highest BCUT2D eigenvalue weighted by molar-refractivity contribution is 5.92. The first-order chi connectivity index (χ1) is 9.65. The van der Waals surface area contributed by atoms with Crippen molar-refractivity contribution >= 4 is 17.2 Å². The van der Waals surface area contributed by atoms with Crippen LogP contribution in [-0.2, 0) is 6.42 Å². The lowest BCUT2D eigenvalue weighted by atomic mass is 9.99. The van der Waals surface area contributed by atoms with Gasteiger partial charge in [-0.25, -0.2) is 0 Å². The number of ketones is 1. The first-order valence-corrected chi connectivity index (χ1v) is 6.99. The van der Waals surface area contributed by atoms with Crippen LogP contribution in [0, 0.1) is 6.92 Å². The van der Waals surface area contributed by atoms with Crippen molar-refractivity contribution in [3.63, 3.8) is 0 Å². The van der Waals surface area contributed by atoms with Gasteiger partial charge in [0.25, 0.3) is 0 Å². The summed E-state index contributed by atoms with van der Waals surface area (Å²) in [6.45, 7) is 4.67. The zero-order valence-corrected chi connectivity index (χ0v) is 11.9.